The standard InChI is InChI=1S/C14H12BrF2N/c1-9(14-12(16)3-2-4-13(14)17)18-11-7-5-10(15)6-8-11/h2-9,18H,1H3. The van der Waals surface area contributed by atoms with Crippen LogP contribution in [0.2, 0.25) is 0 Å². The van der Waals surface area contributed by atoms with Crippen LogP contribution in [0.4, 0.5) is 14.5 Å². The molecule has 4 heteroatoms. The SMILES string of the molecule is CC(Nc1ccc(Br)cc1)c1c(F)cccc1F. The van der Waals surface area contributed by atoms with Gasteiger partial charge in [-0.15, -0.1) is 0 Å². The Balaban J connectivity index is 2.22. The quantitative estimate of drug-likeness (QED) is 0.850. The van der Waals surface area contributed by atoms with Crippen molar-refractivity contribution >= 4 is 21.6 Å². The first kappa shape index (κ1) is 13.0. The predicted molar refractivity (Wildman–Crippen MR) is 72.5 cm³/mol. The van der Waals surface area contributed by atoms with E-state index in [0.717, 1.165) is 10.2 Å². The molecule has 2 aromatic rings. The van der Waals surface area contributed by atoms with Crippen molar-refractivity contribution in [3.05, 3.63) is 64.1 Å². The van der Waals surface area contributed by atoms with Crippen molar-refractivity contribution in [2.75, 3.05) is 5.32 Å². The van der Waals surface area contributed by atoms with Crippen LogP contribution in [0.1, 0.15) is 18.5 Å². The van der Waals surface area contributed by atoms with Gasteiger partial charge in [0, 0.05) is 15.7 Å². The molecule has 1 nitrogen and oxygen atoms in total. The Kier molecular flexibility index (Phi) is 3.97. The Morgan fingerprint density at radius 1 is 1.00 bits per heavy atom. The molecule has 0 fully saturated rings. The Bertz CT molecular complexity index is 520. The van der Waals surface area contributed by atoms with Crippen LogP contribution < -0.4 is 5.32 Å². The van der Waals surface area contributed by atoms with Crippen molar-refractivity contribution in [1.29, 1.82) is 0 Å². The minimum atomic E-state index is -0.535. The van der Waals surface area contributed by atoms with Gasteiger partial charge in [-0.1, -0.05) is 22.0 Å². The van der Waals surface area contributed by atoms with Gasteiger partial charge in [-0.05, 0) is 43.3 Å². The van der Waals surface area contributed by atoms with E-state index >= 15 is 0 Å². The van der Waals surface area contributed by atoms with E-state index in [4.69, 9.17) is 0 Å². The van der Waals surface area contributed by atoms with Crippen LogP contribution >= 0.6 is 15.9 Å². The van der Waals surface area contributed by atoms with Crippen molar-refractivity contribution in [3.63, 3.8) is 0 Å². The zero-order chi connectivity index (χ0) is 13.1. The molecule has 94 valence electrons. The molecule has 0 amide bonds. The molecule has 1 atom stereocenters. The molecule has 0 radical (unpaired) electrons. The van der Waals surface area contributed by atoms with Crippen molar-refractivity contribution in [2.45, 2.75) is 13.0 Å². The number of anilines is 1. The molecule has 0 saturated carbocycles. The molecule has 0 aromatic heterocycles. The van der Waals surface area contributed by atoms with Gasteiger partial charge in [0.25, 0.3) is 0 Å². The predicted octanol–water partition coefficient (Wildman–Crippen LogP) is 4.90. The van der Waals surface area contributed by atoms with Gasteiger partial charge in [0.2, 0.25) is 0 Å². The minimum Gasteiger partial charge on any atom is -0.378 e. The number of hydrogen-bond acceptors (Lipinski definition) is 1. The van der Waals surface area contributed by atoms with Gasteiger partial charge in [0.15, 0.2) is 0 Å². The fraction of sp³-hybridized carbons (Fsp3) is 0.143. The van der Waals surface area contributed by atoms with Crippen LogP contribution in [-0.4, -0.2) is 0 Å². The first-order valence-corrected chi connectivity index (χ1v) is 6.33. The molecule has 18 heavy (non-hydrogen) atoms. The average molecular weight is 312 g/mol. The second-order valence-electron chi connectivity index (χ2n) is 4.01. The highest BCUT2D eigenvalue weighted by molar-refractivity contribution is 9.10. The highest BCUT2D eigenvalue weighted by Gasteiger charge is 2.15. The Morgan fingerprint density at radius 3 is 2.11 bits per heavy atom. The molecule has 1 unspecified atom stereocenters. The third-order valence-electron chi connectivity index (χ3n) is 2.66. The highest BCUT2D eigenvalue weighted by Crippen LogP contribution is 2.24. The molecule has 0 aliphatic carbocycles. The van der Waals surface area contributed by atoms with Crippen LogP contribution in [0.15, 0.2) is 46.9 Å². The molecule has 2 rings (SSSR count). The van der Waals surface area contributed by atoms with E-state index in [9.17, 15) is 8.78 Å². The second-order valence-corrected chi connectivity index (χ2v) is 4.92. The average Bonchev–Trinajstić information content (AvgIpc) is 2.32. The lowest BCUT2D eigenvalue weighted by atomic mass is 10.1. The summed E-state index contributed by atoms with van der Waals surface area (Å²) in [6.07, 6.45) is 0. The maximum Gasteiger partial charge on any atom is 0.131 e. The maximum atomic E-state index is 13.6. The molecule has 0 saturated heterocycles. The fourth-order valence-electron chi connectivity index (χ4n) is 1.79. The Hall–Kier alpha value is -1.42. The van der Waals surface area contributed by atoms with E-state index in [1.54, 1.807) is 6.92 Å². The van der Waals surface area contributed by atoms with E-state index in [-0.39, 0.29) is 5.56 Å². The van der Waals surface area contributed by atoms with Crippen molar-refractivity contribution < 1.29 is 8.78 Å². The Labute approximate surface area is 113 Å². The van der Waals surface area contributed by atoms with Crippen LogP contribution in [-0.2, 0) is 0 Å². The molecule has 2 aromatic carbocycles. The molecule has 0 aliphatic rings. The number of rotatable bonds is 3. The van der Waals surface area contributed by atoms with E-state index in [1.807, 2.05) is 24.3 Å². The first-order valence-electron chi connectivity index (χ1n) is 5.54. The zero-order valence-electron chi connectivity index (χ0n) is 9.75. The second kappa shape index (κ2) is 5.48. The summed E-state index contributed by atoms with van der Waals surface area (Å²) in [5.41, 5.74) is 0.869. The molecular formula is C14H12BrF2N. The van der Waals surface area contributed by atoms with E-state index in [2.05, 4.69) is 21.2 Å². The van der Waals surface area contributed by atoms with Crippen molar-refractivity contribution in [3.8, 4) is 0 Å². The van der Waals surface area contributed by atoms with E-state index in [1.165, 1.54) is 18.2 Å². The van der Waals surface area contributed by atoms with E-state index in [0.29, 0.717) is 0 Å². The third kappa shape index (κ3) is 2.88. The lowest BCUT2D eigenvalue weighted by molar-refractivity contribution is 0.544. The third-order valence-corrected chi connectivity index (χ3v) is 3.19. The smallest absolute Gasteiger partial charge is 0.131 e. The van der Waals surface area contributed by atoms with Gasteiger partial charge >= 0.3 is 0 Å². The number of halogens is 3. The summed E-state index contributed by atoms with van der Waals surface area (Å²) in [5, 5.41) is 3.07. The summed E-state index contributed by atoms with van der Waals surface area (Å²) >= 11 is 3.33. The molecule has 0 heterocycles. The van der Waals surface area contributed by atoms with Crippen LogP contribution in [0.5, 0.6) is 0 Å². The summed E-state index contributed by atoms with van der Waals surface area (Å²) in [6.45, 7) is 1.73. The van der Waals surface area contributed by atoms with Crippen LogP contribution in [0.3, 0.4) is 0 Å². The summed E-state index contributed by atoms with van der Waals surface area (Å²) in [6, 6.07) is 10.9. The fourth-order valence-corrected chi connectivity index (χ4v) is 2.06. The summed E-state index contributed by atoms with van der Waals surface area (Å²) in [5.74, 6) is -1.07. The molecular weight excluding hydrogens is 300 g/mol. The van der Waals surface area contributed by atoms with Crippen LogP contribution in [0.25, 0.3) is 0 Å². The van der Waals surface area contributed by atoms with Gasteiger partial charge < -0.3 is 5.32 Å². The van der Waals surface area contributed by atoms with Crippen LogP contribution in [0, 0.1) is 11.6 Å². The summed E-state index contributed by atoms with van der Waals surface area (Å²) in [7, 11) is 0. The van der Waals surface area contributed by atoms with Gasteiger partial charge in [-0.2, -0.15) is 0 Å². The van der Waals surface area contributed by atoms with Gasteiger partial charge in [0.05, 0.1) is 6.04 Å². The van der Waals surface area contributed by atoms with Crippen molar-refractivity contribution in [2.24, 2.45) is 0 Å². The highest BCUT2D eigenvalue weighted by atomic mass is 79.9. The maximum absolute atomic E-state index is 13.6. The summed E-state index contributed by atoms with van der Waals surface area (Å²) < 4.78 is 28.1. The first-order chi connectivity index (χ1) is 8.58. The molecule has 0 aliphatic heterocycles. The zero-order valence-corrected chi connectivity index (χ0v) is 11.3. The topological polar surface area (TPSA) is 12.0 Å². The molecule has 0 bridgehead atoms. The van der Waals surface area contributed by atoms with Gasteiger partial charge in [-0.25, -0.2) is 8.78 Å². The number of benzene rings is 2. The van der Waals surface area contributed by atoms with Crippen molar-refractivity contribution in [1.82, 2.24) is 0 Å². The monoisotopic (exact) mass is 311 g/mol. The summed E-state index contributed by atoms with van der Waals surface area (Å²) in [4.78, 5) is 0. The lowest BCUT2D eigenvalue weighted by Gasteiger charge is -2.17. The Morgan fingerprint density at radius 2 is 1.56 bits per heavy atom. The number of nitrogens with one attached hydrogen (secondary N) is 1. The minimum absolute atomic E-state index is 0.0559. The van der Waals surface area contributed by atoms with Gasteiger partial charge in [-0.3, -0.25) is 0 Å². The lowest BCUT2D eigenvalue weighted by Crippen LogP contribution is -2.10. The van der Waals surface area contributed by atoms with E-state index < -0.39 is 17.7 Å². The number of hydrogen-bond donors (Lipinski definition) is 1. The largest absolute Gasteiger partial charge is 0.378 e. The molecule has 1 N–H and O–H groups in total. The molecule has 0 spiro atoms. The van der Waals surface area contributed by atoms with Gasteiger partial charge in [0.1, 0.15) is 11.6 Å². The normalized spacial score (nSPS) is 12.2.